The van der Waals surface area contributed by atoms with E-state index >= 15 is 0 Å². The van der Waals surface area contributed by atoms with Gasteiger partial charge in [-0.05, 0) is 43.7 Å². The highest BCUT2D eigenvalue weighted by Gasteiger charge is 2.07. The molecule has 2 rings (SSSR count). The predicted octanol–water partition coefficient (Wildman–Crippen LogP) is 6.16. The number of rotatable bonds is 5. The third kappa shape index (κ3) is 4.80. The van der Waals surface area contributed by atoms with Crippen molar-refractivity contribution in [3.8, 4) is 5.75 Å². The minimum absolute atomic E-state index is 0.175. The van der Waals surface area contributed by atoms with Crippen LogP contribution in [0.4, 0.5) is 5.69 Å². The van der Waals surface area contributed by atoms with Gasteiger partial charge >= 0.3 is 0 Å². The Morgan fingerprint density at radius 3 is 2.19 bits per heavy atom. The number of hydrogen-bond donors (Lipinski definition) is 1. The average Bonchev–Trinajstić information content (AvgIpc) is 2.38. The molecule has 2 nitrogen and oxygen atoms in total. The van der Waals surface area contributed by atoms with Gasteiger partial charge in [-0.1, -0.05) is 51.3 Å². The van der Waals surface area contributed by atoms with Gasteiger partial charge in [0.2, 0.25) is 0 Å². The smallest absolute Gasteiger partial charge is 0.119 e. The fraction of sp³-hybridized carbons (Fsp3) is 0.250. The van der Waals surface area contributed by atoms with Crippen LogP contribution in [0.3, 0.4) is 0 Å². The zero-order valence-electron chi connectivity index (χ0n) is 11.8. The topological polar surface area (TPSA) is 21.3 Å². The van der Waals surface area contributed by atoms with Gasteiger partial charge in [-0.15, -0.1) is 0 Å². The van der Waals surface area contributed by atoms with Gasteiger partial charge in [0.1, 0.15) is 5.75 Å². The van der Waals surface area contributed by atoms with Gasteiger partial charge in [0.15, 0.2) is 0 Å². The number of benzene rings is 2. The predicted molar refractivity (Wildman–Crippen MR) is 93.7 cm³/mol. The molecule has 0 aliphatic carbocycles. The molecular weight excluding hydrogens is 373 g/mol. The van der Waals surface area contributed by atoms with Crippen LogP contribution in [0.15, 0.2) is 40.9 Å². The quantitative estimate of drug-likeness (QED) is 0.662. The van der Waals surface area contributed by atoms with Crippen molar-refractivity contribution < 1.29 is 4.74 Å². The van der Waals surface area contributed by atoms with E-state index in [1.165, 1.54) is 0 Å². The molecule has 0 aliphatic rings. The molecule has 21 heavy (non-hydrogen) atoms. The van der Waals surface area contributed by atoms with Gasteiger partial charge in [-0.2, -0.15) is 0 Å². The van der Waals surface area contributed by atoms with E-state index in [0.29, 0.717) is 16.6 Å². The Labute approximate surface area is 143 Å². The molecule has 0 unspecified atom stereocenters. The zero-order chi connectivity index (χ0) is 15.4. The van der Waals surface area contributed by atoms with E-state index in [-0.39, 0.29) is 6.10 Å². The number of ether oxygens (including phenoxy) is 1. The summed E-state index contributed by atoms with van der Waals surface area (Å²) in [5.41, 5.74) is 1.87. The summed E-state index contributed by atoms with van der Waals surface area (Å²) in [5, 5.41) is 4.44. The molecule has 2 aromatic rings. The van der Waals surface area contributed by atoms with Crippen molar-refractivity contribution in [2.75, 3.05) is 5.32 Å². The Morgan fingerprint density at radius 2 is 1.67 bits per heavy atom. The second-order valence-electron chi connectivity index (χ2n) is 4.91. The summed E-state index contributed by atoms with van der Waals surface area (Å²) in [6, 6.07) is 11.6. The van der Waals surface area contributed by atoms with Gasteiger partial charge in [-0.3, -0.25) is 0 Å². The van der Waals surface area contributed by atoms with Crippen molar-refractivity contribution in [2.45, 2.75) is 26.5 Å². The van der Waals surface area contributed by atoms with Crippen LogP contribution in [-0.2, 0) is 6.54 Å². The highest BCUT2D eigenvalue weighted by atomic mass is 79.9. The third-order valence-corrected chi connectivity index (χ3v) is 3.83. The van der Waals surface area contributed by atoms with Gasteiger partial charge in [-0.25, -0.2) is 0 Å². The molecule has 0 aliphatic heterocycles. The van der Waals surface area contributed by atoms with E-state index in [9.17, 15) is 0 Å². The van der Waals surface area contributed by atoms with Crippen LogP contribution in [0.25, 0.3) is 0 Å². The van der Waals surface area contributed by atoms with Crippen LogP contribution >= 0.6 is 39.1 Å². The SMILES string of the molecule is CC(C)Oc1ccc(CNc2c(Cl)cc(Br)cc2Cl)cc1. The summed E-state index contributed by atoms with van der Waals surface area (Å²) in [5.74, 6) is 0.869. The van der Waals surface area contributed by atoms with Crippen molar-refractivity contribution in [1.82, 2.24) is 0 Å². The first-order valence-corrected chi connectivity index (χ1v) is 8.14. The summed E-state index contributed by atoms with van der Waals surface area (Å²) in [7, 11) is 0. The number of anilines is 1. The monoisotopic (exact) mass is 387 g/mol. The van der Waals surface area contributed by atoms with Crippen molar-refractivity contribution in [1.29, 1.82) is 0 Å². The van der Waals surface area contributed by atoms with Crippen LogP contribution in [0.5, 0.6) is 5.75 Å². The van der Waals surface area contributed by atoms with Crippen molar-refractivity contribution in [2.24, 2.45) is 0 Å². The van der Waals surface area contributed by atoms with Crippen molar-refractivity contribution >= 4 is 44.8 Å². The number of hydrogen-bond acceptors (Lipinski definition) is 2. The highest BCUT2D eigenvalue weighted by Crippen LogP contribution is 2.34. The molecule has 0 fully saturated rings. The maximum atomic E-state index is 6.19. The molecular formula is C16H16BrCl2NO. The van der Waals surface area contributed by atoms with Gasteiger partial charge in [0.05, 0.1) is 21.8 Å². The summed E-state index contributed by atoms with van der Waals surface area (Å²) < 4.78 is 6.47. The van der Waals surface area contributed by atoms with Crippen molar-refractivity contribution in [3.05, 3.63) is 56.5 Å². The molecule has 0 aromatic heterocycles. The van der Waals surface area contributed by atoms with E-state index in [4.69, 9.17) is 27.9 Å². The standard InChI is InChI=1S/C16H16BrCl2NO/c1-10(2)21-13-5-3-11(4-6-13)9-20-16-14(18)7-12(17)8-15(16)19/h3-8,10,20H,9H2,1-2H3. The van der Waals surface area contributed by atoms with E-state index < -0.39 is 0 Å². The first-order valence-electron chi connectivity index (χ1n) is 6.59. The first-order chi connectivity index (χ1) is 9.95. The molecule has 0 saturated heterocycles. The third-order valence-electron chi connectivity index (χ3n) is 2.77. The van der Waals surface area contributed by atoms with Crippen LogP contribution in [0.1, 0.15) is 19.4 Å². The highest BCUT2D eigenvalue weighted by molar-refractivity contribution is 9.10. The molecule has 1 N–H and O–H groups in total. The molecule has 2 aromatic carbocycles. The normalized spacial score (nSPS) is 10.8. The molecule has 0 amide bonds. The summed E-state index contributed by atoms with van der Waals surface area (Å²) >= 11 is 15.7. The van der Waals surface area contributed by atoms with Crippen LogP contribution < -0.4 is 10.1 Å². The molecule has 5 heteroatoms. The fourth-order valence-electron chi connectivity index (χ4n) is 1.86. The Bertz CT molecular complexity index is 591. The summed E-state index contributed by atoms with van der Waals surface area (Å²) in [4.78, 5) is 0. The van der Waals surface area contributed by atoms with E-state index in [1.54, 1.807) is 0 Å². The van der Waals surface area contributed by atoms with Crippen LogP contribution in [0.2, 0.25) is 10.0 Å². The van der Waals surface area contributed by atoms with Gasteiger partial charge in [0.25, 0.3) is 0 Å². The minimum Gasteiger partial charge on any atom is -0.491 e. The lowest BCUT2D eigenvalue weighted by Gasteiger charge is -2.12. The fourth-order valence-corrected chi connectivity index (χ4v) is 3.20. The Morgan fingerprint density at radius 1 is 1.10 bits per heavy atom. The van der Waals surface area contributed by atoms with E-state index in [1.807, 2.05) is 50.2 Å². The molecule has 0 atom stereocenters. The lowest BCUT2D eigenvalue weighted by molar-refractivity contribution is 0.242. The van der Waals surface area contributed by atoms with Gasteiger partial charge < -0.3 is 10.1 Å². The Hall–Kier alpha value is -0.900. The maximum absolute atomic E-state index is 6.19. The maximum Gasteiger partial charge on any atom is 0.119 e. The zero-order valence-corrected chi connectivity index (χ0v) is 14.9. The molecule has 0 radical (unpaired) electrons. The lowest BCUT2D eigenvalue weighted by atomic mass is 10.2. The summed E-state index contributed by atoms with van der Waals surface area (Å²) in [6.45, 7) is 4.66. The van der Waals surface area contributed by atoms with Crippen molar-refractivity contribution in [3.63, 3.8) is 0 Å². The molecule has 0 saturated carbocycles. The van der Waals surface area contributed by atoms with E-state index in [0.717, 1.165) is 21.5 Å². The summed E-state index contributed by atoms with van der Waals surface area (Å²) in [6.07, 6.45) is 0.175. The Balaban J connectivity index is 2.03. The largest absolute Gasteiger partial charge is 0.491 e. The van der Waals surface area contributed by atoms with Gasteiger partial charge in [0, 0.05) is 11.0 Å². The first kappa shape index (κ1) is 16.5. The minimum atomic E-state index is 0.175. The second kappa shape index (κ2) is 7.39. The van der Waals surface area contributed by atoms with Crippen LogP contribution in [-0.4, -0.2) is 6.10 Å². The number of nitrogens with one attached hydrogen (secondary N) is 1. The molecule has 112 valence electrons. The van der Waals surface area contributed by atoms with Crippen LogP contribution in [0, 0.1) is 0 Å². The molecule has 0 heterocycles. The number of halogens is 3. The van der Waals surface area contributed by atoms with E-state index in [2.05, 4.69) is 21.2 Å². The Kier molecular flexibility index (Phi) is 5.80. The molecule has 0 bridgehead atoms. The average molecular weight is 389 g/mol. The lowest BCUT2D eigenvalue weighted by Crippen LogP contribution is -2.05. The second-order valence-corrected chi connectivity index (χ2v) is 6.64. The molecule has 0 spiro atoms.